The summed E-state index contributed by atoms with van der Waals surface area (Å²) in [5.74, 6) is -0.0357. The number of carbonyl (C=O) groups is 2. The second-order valence-corrected chi connectivity index (χ2v) is 17.9. The number of methoxy groups -OCH3 is 2. The zero-order chi connectivity index (χ0) is 42.2. The van der Waals surface area contributed by atoms with E-state index in [1.807, 2.05) is 41.5 Å². The van der Waals surface area contributed by atoms with Crippen molar-refractivity contribution in [1.82, 2.24) is 0 Å². The van der Waals surface area contributed by atoms with Gasteiger partial charge in [0, 0.05) is 77.2 Å². The molecule has 0 bridgehead atoms. The van der Waals surface area contributed by atoms with Gasteiger partial charge in [0.15, 0.2) is 23.0 Å². The summed E-state index contributed by atoms with van der Waals surface area (Å²) in [6, 6.07) is 17.6. The van der Waals surface area contributed by atoms with Gasteiger partial charge < -0.3 is 45.5 Å². The van der Waals surface area contributed by atoms with Gasteiger partial charge in [-0.25, -0.2) is 9.59 Å². The Kier molecular flexibility index (Phi) is 21.5. The summed E-state index contributed by atoms with van der Waals surface area (Å²) in [5.41, 5.74) is 2.02. The minimum atomic E-state index is -2.72. The van der Waals surface area contributed by atoms with Gasteiger partial charge in [-0.05, 0) is 126 Å². The maximum atomic E-state index is 13.1. The van der Waals surface area contributed by atoms with Crippen molar-refractivity contribution in [2.45, 2.75) is 66.5 Å². The van der Waals surface area contributed by atoms with E-state index in [9.17, 15) is 9.59 Å². The van der Waals surface area contributed by atoms with Crippen LogP contribution >= 0.6 is 0 Å². The van der Waals surface area contributed by atoms with E-state index in [2.05, 4.69) is 9.98 Å². The van der Waals surface area contributed by atoms with Crippen LogP contribution in [0.2, 0.25) is 12.1 Å². The van der Waals surface area contributed by atoms with E-state index < -0.39 is 29.5 Å². The van der Waals surface area contributed by atoms with Crippen molar-refractivity contribution >= 4 is 42.0 Å². The van der Waals surface area contributed by atoms with Crippen molar-refractivity contribution < 1.29 is 55.1 Å². The lowest BCUT2D eigenvalue weighted by atomic mass is 10.1. The van der Waals surface area contributed by atoms with Crippen molar-refractivity contribution in [3.05, 3.63) is 82.9 Å². The Hall–Kier alpha value is -4.27. The normalized spacial score (nSPS) is 12.0. The van der Waals surface area contributed by atoms with Crippen LogP contribution in [0.25, 0.3) is 0 Å². The molecule has 0 heterocycles. The summed E-state index contributed by atoms with van der Waals surface area (Å²) in [5, 5.41) is 0. The SMILES string of the molecule is CCO[Si](CCC/N=C/c1ccc(OC(=O)c2ccc(C(=O)Oc3ccc(/C=N/CCC[Si](OCC)(OCC)OCC)cc3OC)cc2)c(OC)c1)(OCC)OCC. The number of hydrogen-bond acceptors (Lipinski definition) is 14. The molecular weight excluding hydrogens is 781 g/mol. The van der Waals surface area contributed by atoms with Gasteiger partial charge >= 0.3 is 29.5 Å². The predicted octanol–water partition coefficient (Wildman–Crippen LogP) is 7.86. The smallest absolute Gasteiger partial charge is 0.493 e. The fourth-order valence-electron chi connectivity index (χ4n) is 5.87. The van der Waals surface area contributed by atoms with E-state index in [1.165, 1.54) is 38.5 Å². The molecule has 0 amide bonds. The lowest BCUT2D eigenvalue weighted by Crippen LogP contribution is -2.46. The molecule has 3 aromatic rings. The van der Waals surface area contributed by atoms with Crippen LogP contribution in [0.15, 0.2) is 70.6 Å². The van der Waals surface area contributed by atoms with E-state index in [0.29, 0.717) is 76.3 Å². The molecule has 0 aliphatic rings. The summed E-state index contributed by atoms with van der Waals surface area (Å²) in [6.45, 7) is 15.9. The molecule has 0 unspecified atom stereocenters. The molecule has 0 atom stereocenters. The standard InChI is InChI=1S/C42H60N2O12Si2/c1-9-49-57(50-10-2,51-11-3)27-15-25-43-31-33-17-23-37(39(29-33)47-7)55-41(45)35-19-21-36(22-20-35)42(46)56-38-24-18-34(30-40(38)48-8)32-44-26-16-28-58(52-12-4,53-13-5)54-14-6/h17-24,29-32H,9-16,25-28H2,1-8H3/b43-31+,44-32+. The molecule has 16 heteroatoms. The first-order chi connectivity index (χ1) is 28.1. The average Bonchev–Trinajstić information content (AvgIpc) is 3.22. The van der Waals surface area contributed by atoms with Crippen LogP contribution in [0.3, 0.4) is 0 Å². The Balaban J connectivity index is 1.56. The van der Waals surface area contributed by atoms with Gasteiger partial charge in [0.05, 0.1) is 25.3 Å². The summed E-state index contributed by atoms with van der Waals surface area (Å²) in [7, 11) is -2.44. The monoisotopic (exact) mass is 840 g/mol. The first-order valence-electron chi connectivity index (χ1n) is 19.9. The lowest BCUT2D eigenvalue weighted by molar-refractivity contribution is 0.0702. The van der Waals surface area contributed by atoms with E-state index >= 15 is 0 Å². The van der Waals surface area contributed by atoms with Crippen LogP contribution in [-0.4, -0.2) is 109 Å². The fraction of sp³-hybridized carbons (Fsp3) is 0.476. The summed E-state index contributed by atoms with van der Waals surface area (Å²) in [6.07, 6.45) is 4.96. The highest BCUT2D eigenvalue weighted by molar-refractivity contribution is 6.61. The molecule has 0 aromatic heterocycles. The molecule has 58 heavy (non-hydrogen) atoms. The molecule has 0 aliphatic carbocycles. The Morgan fingerprint density at radius 3 is 1.12 bits per heavy atom. The minimum absolute atomic E-state index is 0.234. The van der Waals surface area contributed by atoms with Crippen LogP contribution in [-0.2, 0) is 26.6 Å². The van der Waals surface area contributed by atoms with Crippen molar-refractivity contribution in [2.75, 3.05) is 67.0 Å². The zero-order valence-electron chi connectivity index (χ0n) is 35.2. The van der Waals surface area contributed by atoms with E-state index in [4.69, 9.17) is 45.5 Å². The molecule has 3 rings (SSSR count). The van der Waals surface area contributed by atoms with Gasteiger partial charge in [-0.1, -0.05) is 0 Å². The molecule has 3 aromatic carbocycles. The Morgan fingerprint density at radius 1 is 0.500 bits per heavy atom. The van der Waals surface area contributed by atoms with Gasteiger partial charge in [-0.2, -0.15) is 0 Å². The van der Waals surface area contributed by atoms with Crippen LogP contribution < -0.4 is 18.9 Å². The maximum absolute atomic E-state index is 13.1. The quantitative estimate of drug-likeness (QED) is 0.0230. The number of rotatable bonds is 28. The maximum Gasteiger partial charge on any atom is 0.500 e. The van der Waals surface area contributed by atoms with Crippen molar-refractivity contribution in [1.29, 1.82) is 0 Å². The molecule has 0 N–H and O–H groups in total. The van der Waals surface area contributed by atoms with Crippen molar-refractivity contribution in [3.8, 4) is 23.0 Å². The Bertz CT molecular complexity index is 1600. The topological polar surface area (TPSA) is 151 Å². The van der Waals surface area contributed by atoms with Gasteiger partial charge in [0.1, 0.15) is 0 Å². The first-order valence-corrected chi connectivity index (χ1v) is 23.7. The third-order valence-electron chi connectivity index (χ3n) is 8.34. The minimum Gasteiger partial charge on any atom is -0.493 e. The van der Waals surface area contributed by atoms with E-state index in [-0.39, 0.29) is 22.6 Å². The number of nitrogens with zero attached hydrogens (tertiary/aromatic N) is 2. The van der Waals surface area contributed by atoms with Crippen LogP contribution in [0.5, 0.6) is 23.0 Å². The Labute approximate surface area is 345 Å². The Morgan fingerprint density at radius 2 is 0.828 bits per heavy atom. The molecule has 0 saturated heterocycles. The fourth-order valence-corrected chi connectivity index (χ4v) is 11.1. The molecule has 318 valence electrons. The summed E-state index contributed by atoms with van der Waals surface area (Å²) >= 11 is 0. The largest absolute Gasteiger partial charge is 0.500 e. The molecule has 0 saturated carbocycles. The molecule has 14 nitrogen and oxygen atoms in total. The number of hydrogen-bond donors (Lipinski definition) is 0. The van der Waals surface area contributed by atoms with Gasteiger partial charge in [0.25, 0.3) is 0 Å². The van der Waals surface area contributed by atoms with E-state index in [1.54, 1.807) is 48.8 Å². The second-order valence-electron chi connectivity index (χ2n) is 12.4. The van der Waals surface area contributed by atoms with Crippen LogP contribution in [0.1, 0.15) is 86.2 Å². The third-order valence-corrected chi connectivity index (χ3v) is 14.6. The summed E-state index contributed by atoms with van der Waals surface area (Å²) < 4.78 is 57.8. The number of aliphatic imine (C=N–C) groups is 2. The van der Waals surface area contributed by atoms with Crippen molar-refractivity contribution in [3.63, 3.8) is 0 Å². The second kappa shape index (κ2) is 26.0. The summed E-state index contributed by atoms with van der Waals surface area (Å²) in [4.78, 5) is 35.2. The van der Waals surface area contributed by atoms with Gasteiger partial charge in [0.2, 0.25) is 0 Å². The lowest BCUT2D eigenvalue weighted by Gasteiger charge is -2.28. The third kappa shape index (κ3) is 15.2. The zero-order valence-corrected chi connectivity index (χ0v) is 37.2. The highest BCUT2D eigenvalue weighted by Gasteiger charge is 2.40. The highest BCUT2D eigenvalue weighted by atomic mass is 28.4. The van der Waals surface area contributed by atoms with Gasteiger partial charge in [-0.3, -0.25) is 9.98 Å². The first kappa shape index (κ1) is 48.1. The molecule has 0 fully saturated rings. The van der Waals surface area contributed by atoms with Gasteiger partial charge in [-0.15, -0.1) is 0 Å². The number of carbonyl (C=O) groups excluding carboxylic acids is 2. The molecular formula is C42H60N2O12Si2. The number of esters is 2. The molecule has 0 spiro atoms. The number of benzene rings is 3. The van der Waals surface area contributed by atoms with E-state index in [0.717, 1.165) is 24.0 Å². The number of ether oxygens (including phenoxy) is 4. The highest BCUT2D eigenvalue weighted by Crippen LogP contribution is 2.30. The van der Waals surface area contributed by atoms with Crippen LogP contribution in [0, 0.1) is 0 Å². The average molecular weight is 841 g/mol. The van der Waals surface area contributed by atoms with Crippen molar-refractivity contribution in [2.24, 2.45) is 9.98 Å². The van der Waals surface area contributed by atoms with Crippen LogP contribution in [0.4, 0.5) is 0 Å². The predicted molar refractivity (Wildman–Crippen MR) is 227 cm³/mol. The molecule has 0 radical (unpaired) electrons. The molecule has 0 aliphatic heterocycles.